The van der Waals surface area contributed by atoms with E-state index in [1.807, 2.05) is 42.7 Å². The van der Waals surface area contributed by atoms with Gasteiger partial charge in [0.2, 0.25) is 0 Å². The number of aromatic nitrogens is 4. The van der Waals surface area contributed by atoms with Gasteiger partial charge in [0.05, 0.1) is 54.1 Å². The number of β-amino-alcohol motifs (C(OH)–C–C–N with tert-alkyl or cyclic N) is 1. The minimum atomic E-state index is -2.05. The van der Waals surface area contributed by atoms with Crippen LogP contribution in [0.3, 0.4) is 0 Å². The summed E-state index contributed by atoms with van der Waals surface area (Å²) in [6, 6.07) is 10.2. The summed E-state index contributed by atoms with van der Waals surface area (Å²) in [7, 11) is -0.153. The number of fused-ring (bicyclic) bond motifs is 3. The predicted molar refractivity (Wildman–Crippen MR) is 181 cm³/mol. The van der Waals surface area contributed by atoms with Gasteiger partial charge in [-0.05, 0) is 66.7 Å². The van der Waals surface area contributed by atoms with Crippen molar-refractivity contribution in [3.8, 4) is 11.3 Å². The van der Waals surface area contributed by atoms with E-state index in [0.717, 1.165) is 64.7 Å². The average molecular weight is 627 g/mol. The molecule has 4 aromatic rings. The molecule has 3 aromatic heterocycles. The van der Waals surface area contributed by atoms with Gasteiger partial charge in [-0.3, -0.25) is 19.4 Å². The largest absolute Gasteiger partial charge is 0.412 e. The fraction of sp³-hybridized carbons (Fsp3) is 0.486. The smallest absolute Gasteiger partial charge is 0.257 e. The maximum atomic E-state index is 14.6. The Morgan fingerprint density at radius 3 is 2.58 bits per heavy atom. The van der Waals surface area contributed by atoms with Crippen molar-refractivity contribution in [2.45, 2.75) is 83.2 Å². The van der Waals surface area contributed by atoms with Crippen molar-refractivity contribution in [3.05, 3.63) is 71.8 Å². The van der Waals surface area contributed by atoms with Crippen LogP contribution in [0.15, 0.2) is 55.1 Å². The molecule has 45 heavy (non-hydrogen) atoms. The summed E-state index contributed by atoms with van der Waals surface area (Å²) in [5, 5.41) is 15.5. The Labute approximate surface area is 267 Å². The summed E-state index contributed by atoms with van der Waals surface area (Å²) in [6.45, 7) is 12.2. The predicted octanol–water partition coefficient (Wildman–Crippen LogP) is 6.17. The third-order valence-corrected chi connectivity index (χ3v) is 14.5. The lowest BCUT2D eigenvalue weighted by Gasteiger charge is -2.48. The second-order valence-electron chi connectivity index (χ2n) is 14.1. The molecule has 1 fully saturated rings. The first-order chi connectivity index (χ1) is 21.5. The summed E-state index contributed by atoms with van der Waals surface area (Å²) >= 11 is 0. The molecule has 2 aliphatic rings. The summed E-state index contributed by atoms with van der Waals surface area (Å²) in [6.07, 6.45) is 12.1. The number of hydrogen-bond acceptors (Lipinski definition) is 7. The SMILES string of the molecule is Cn1cc(-c2ccc(Cc3cc4c(c5ncccc35)N(CCO)CN([C@H]3CCCC[C@@H]3O[Si](C)(C)C(C)(C)C)C4=O)cn2)cn1. The maximum Gasteiger partial charge on any atom is 0.257 e. The number of anilines is 1. The molecule has 1 amide bonds. The molecule has 0 spiro atoms. The standard InChI is InChI=1S/C35H46N6O3Si/c1-35(2,3)45(5,6)44-31-12-8-7-11-30(31)41-23-40(16-17-42)33-28(34(41)43)19-25(27-10-9-15-36-32(27)33)18-24-13-14-29(37-20-24)26-21-38-39(4)22-26/h9-10,13-15,19-22,30-31,42H,7-8,11-12,16-18,23H2,1-6H3/t30-,31-/m0/s1. The van der Waals surface area contributed by atoms with Gasteiger partial charge in [-0.2, -0.15) is 5.10 Å². The molecule has 0 unspecified atom stereocenters. The van der Waals surface area contributed by atoms with Crippen molar-refractivity contribution in [1.29, 1.82) is 0 Å². The first kappa shape index (κ1) is 31.4. The summed E-state index contributed by atoms with van der Waals surface area (Å²) < 4.78 is 8.78. The number of hydrogen-bond donors (Lipinski definition) is 1. The molecule has 0 saturated heterocycles. The fourth-order valence-corrected chi connectivity index (χ4v) is 7.95. The van der Waals surface area contributed by atoms with Crippen molar-refractivity contribution >= 4 is 30.8 Å². The number of pyridine rings is 2. The summed E-state index contributed by atoms with van der Waals surface area (Å²) in [5.41, 5.74) is 6.18. The number of benzene rings is 1. The van der Waals surface area contributed by atoms with Crippen molar-refractivity contribution in [2.24, 2.45) is 7.05 Å². The highest BCUT2D eigenvalue weighted by atomic mass is 28.4. The highest BCUT2D eigenvalue weighted by Gasteiger charge is 2.45. The van der Waals surface area contributed by atoms with Crippen LogP contribution in [0.5, 0.6) is 0 Å². The van der Waals surface area contributed by atoms with Crippen molar-refractivity contribution in [3.63, 3.8) is 0 Å². The number of amides is 1. The quantitative estimate of drug-likeness (QED) is 0.234. The molecule has 0 bridgehead atoms. The fourth-order valence-electron chi connectivity index (χ4n) is 6.56. The van der Waals surface area contributed by atoms with Crippen LogP contribution in [0.2, 0.25) is 18.1 Å². The van der Waals surface area contributed by atoms with Gasteiger partial charge in [-0.25, -0.2) is 0 Å². The van der Waals surface area contributed by atoms with Gasteiger partial charge >= 0.3 is 0 Å². The average Bonchev–Trinajstić information content (AvgIpc) is 3.45. The third kappa shape index (κ3) is 6.15. The molecule has 6 rings (SSSR count). The van der Waals surface area contributed by atoms with Crippen LogP contribution in [0.1, 0.15) is 67.9 Å². The minimum Gasteiger partial charge on any atom is -0.412 e. The first-order valence-electron chi connectivity index (χ1n) is 16.2. The Hall–Kier alpha value is -3.60. The number of carbonyl (C=O) groups excluding carboxylic acids is 1. The minimum absolute atomic E-state index is 0.00331. The van der Waals surface area contributed by atoms with Gasteiger partial charge in [0.25, 0.3) is 5.91 Å². The Morgan fingerprint density at radius 1 is 1.09 bits per heavy atom. The molecule has 9 nitrogen and oxygen atoms in total. The zero-order valence-electron chi connectivity index (χ0n) is 27.5. The van der Waals surface area contributed by atoms with E-state index < -0.39 is 8.32 Å². The van der Waals surface area contributed by atoms with Crippen LogP contribution in [0.25, 0.3) is 22.2 Å². The number of nitrogens with zero attached hydrogens (tertiary/aromatic N) is 6. The lowest BCUT2D eigenvalue weighted by Crippen LogP contribution is -2.58. The second-order valence-corrected chi connectivity index (χ2v) is 18.9. The van der Waals surface area contributed by atoms with Gasteiger partial charge in [-0.15, -0.1) is 0 Å². The van der Waals surface area contributed by atoms with Gasteiger partial charge in [-0.1, -0.05) is 45.7 Å². The zero-order valence-corrected chi connectivity index (χ0v) is 28.5. The maximum absolute atomic E-state index is 14.6. The zero-order chi connectivity index (χ0) is 31.9. The Morgan fingerprint density at radius 2 is 1.89 bits per heavy atom. The molecule has 0 radical (unpaired) electrons. The van der Waals surface area contributed by atoms with E-state index >= 15 is 0 Å². The van der Waals surface area contributed by atoms with Crippen LogP contribution in [-0.4, -0.2) is 75.9 Å². The molecule has 2 atom stereocenters. The number of aryl methyl sites for hydroxylation is 1. The molecular formula is C35H46N6O3Si. The number of carbonyl (C=O) groups is 1. The van der Waals surface area contributed by atoms with Crippen molar-refractivity contribution in [1.82, 2.24) is 24.6 Å². The molecule has 1 saturated carbocycles. The summed E-state index contributed by atoms with van der Waals surface area (Å²) in [4.78, 5) is 28.3. The lowest BCUT2D eigenvalue weighted by atomic mass is 9.89. The monoisotopic (exact) mass is 626 g/mol. The Kier molecular flexibility index (Phi) is 8.58. The number of aliphatic hydroxyl groups is 1. The second kappa shape index (κ2) is 12.3. The molecule has 1 aromatic carbocycles. The van der Waals surface area contributed by atoms with Gasteiger partial charge < -0.3 is 19.3 Å². The molecule has 1 N–H and O–H groups in total. The lowest BCUT2D eigenvalue weighted by molar-refractivity contribution is 0.0210. The third-order valence-electron chi connectivity index (χ3n) is 9.99. The molecule has 1 aliphatic carbocycles. The van der Waals surface area contributed by atoms with E-state index in [2.05, 4.69) is 62.1 Å². The van der Waals surface area contributed by atoms with Crippen LogP contribution in [0.4, 0.5) is 5.69 Å². The number of aliphatic hydroxyl groups excluding tert-OH is 1. The van der Waals surface area contributed by atoms with E-state index in [0.29, 0.717) is 25.2 Å². The van der Waals surface area contributed by atoms with Crippen LogP contribution < -0.4 is 4.90 Å². The Bertz CT molecular complexity index is 1680. The van der Waals surface area contributed by atoms with Crippen LogP contribution in [0, 0.1) is 0 Å². The van der Waals surface area contributed by atoms with Crippen LogP contribution in [-0.2, 0) is 17.9 Å². The van der Waals surface area contributed by atoms with E-state index in [1.54, 1.807) is 10.9 Å². The number of rotatable bonds is 8. The molecular weight excluding hydrogens is 581 g/mol. The molecule has 10 heteroatoms. The van der Waals surface area contributed by atoms with E-state index in [1.165, 1.54) is 0 Å². The van der Waals surface area contributed by atoms with Crippen molar-refractivity contribution in [2.75, 3.05) is 24.7 Å². The van der Waals surface area contributed by atoms with Crippen LogP contribution >= 0.6 is 0 Å². The normalized spacial score (nSPS) is 19.3. The highest BCUT2D eigenvalue weighted by molar-refractivity contribution is 6.74. The van der Waals surface area contributed by atoms with E-state index in [9.17, 15) is 9.90 Å². The van der Waals surface area contributed by atoms with Gasteiger partial charge in [0.1, 0.15) is 0 Å². The van der Waals surface area contributed by atoms with Crippen molar-refractivity contribution < 1.29 is 14.3 Å². The van der Waals surface area contributed by atoms with Gasteiger partial charge in [0.15, 0.2) is 8.32 Å². The molecule has 238 valence electrons. The first-order valence-corrected chi connectivity index (χ1v) is 19.1. The molecule has 4 heterocycles. The van der Waals surface area contributed by atoms with Gasteiger partial charge in [0, 0.05) is 43.1 Å². The summed E-state index contributed by atoms with van der Waals surface area (Å²) in [5.74, 6) is 0.0220. The molecule has 1 aliphatic heterocycles. The van der Waals surface area contributed by atoms with E-state index in [4.69, 9.17) is 14.4 Å². The Balaban J connectivity index is 1.37. The van der Waals surface area contributed by atoms with E-state index in [-0.39, 0.29) is 29.7 Å². The topological polar surface area (TPSA) is 96.6 Å². The highest BCUT2D eigenvalue weighted by Crippen LogP contribution is 2.42.